The van der Waals surface area contributed by atoms with E-state index in [9.17, 15) is 28.8 Å². The van der Waals surface area contributed by atoms with Gasteiger partial charge in [-0.25, -0.2) is 4.98 Å². The van der Waals surface area contributed by atoms with E-state index < -0.39 is 0 Å². The molecule has 3 aliphatic heterocycles. The second-order valence-electron chi connectivity index (χ2n) is 13.0. The lowest BCUT2D eigenvalue weighted by molar-refractivity contribution is -0.113. The number of fused-ring (bicyclic) bond motifs is 6. The number of amides is 5. The van der Waals surface area contributed by atoms with Gasteiger partial charge in [0.2, 0.25) is 5.91 Å². The molecule has 0 aliphatic carbocycles. The lowest BCUT2D eigenvalue weighted by atomic mass is 10.1. The Kier molecular flexibility index (Phi) is 11.7. The molecule has 0 radical (unpaired) electrons. The molecule has 3 aliphatic rings. The Morgan fingerprint density at radius 1 is 0.836 bits per heavy atom. The first-order valence-corrected chi connectivity index (χ1v) is 18.4. The number of hydrogen-bond donors (Lipinski definition) is 5. The number of ether oxygens (including phenoxy) is 1. The number of nitrogens with zero attached hydrogens (tertiary/aromatic N) is 3. The molecule has 5 N–H and O–H groups in total. The summed E-state index contributed by atoms with van der Waals surface area (Å²) in [5, 5.41) is 17.8. The summed E-state index contributed by atoms with van der Waals surface area (Å²) in [6, 6.07) is 14.6. The molecule has 0 bridgehead atoms. The smallest absolute Gasteiger partial charge is 0.268 e. The summed E-state index contributed by atoms with van der Waals surface area (Å²) in [6.45, 7) is 13.9. The van der Waals surface area contributed by atoms with Gasteiger partial charge in [0.25, 0.3) is 23.6 Å². The number of carbonyl (C=O) groups is 6. The Morgan fingerprint density at radius 3 is 1.91 bits per heavy atom. The summed E-state index contributed by atoms with van der Waals surface area (Å²) < 4.78 is 9.28. The van der Waals surface area contributed by atoms with Crippen LogP contribution in [0.2, 0.25) is 0 Å². The zero-order valence-electron chi connectivity index (χ0n) is 30.3. The summed E-state index contributed by atoms with van der Waals surface area (Å²) in [5.41, 5.74) is 4.09. The van der Waals surface area contributed by atoms with Crippen molar-refractivity contribution in [3.8, 4) is 0 Å². The topological polar surface area (TPSA) is 195 Å². The van der Waals surface area contributed by atoms with Gasteiger partial charge in [-0.3, -0.25) is 34.1 Å². The third-order valence-electron chi connectivity index (χ3n) is 9.17. The van der Waals surface area contributed by atoms with E-state index in [-0.39, 0.29) is 41.4 Å². The summed E-state index contributed by atoms with van der Waals surface area (Å²) >= 11 is 1.20. The molecular formula is C39H40N8O7S. The zero-order chi connectivity index (χ0) is 39.2. The van der Waals surface area contributed by atoms with Crippen LogP contribution in [-0.2, 0) is 27.4 Å². The van der Waals surface area contributed by atoms with Crippen LogP contribution < -0.4 is 26.6 Å². The standard InChI is InChI=1S/C18H15N5O3S.C17H19N3O3.C4H6O/c1-2-15(24)20-14-9-27-18(21-14)22-16(25)11-4-3-10-7-13-17(26)19-5-6-23(13)12(10)8-11;1-10-8-23-9-13(10)19-16(21)12-3-2-11-6-15-17(22)18-4-5-20(15)14(11)7-12;1-3-4(2)5/h2-4,7-9H,1,5-6H2,(H,19,26)(H,20,24)(H,21,22,25);2-3,6-7,10,13H,4-5,8-9H2,1H3,(H,18,22)(H,19,21);3H,1H2,2H3. The summed E-state index contributed by atoms with van der Waals surface area (Å²) in [6.07, 6.45) is 2.42. The minimum atomic E-state index is -0.370. The maximum Gasteiger partial charge on any atom is 0.268 e. The Balaban J connectivity index is 0.000000168. The molecular weight excluding hydrogens is 725 g/mol. The van der Waals surface area contributed by atoms with Gasteiger partial charge in [-0.15, -0.1) is 11.3 Å². The Bertz CT molecular complexity index is 2360. The molecule has 16 heteroatoms. The minimum absolute atomic E-state index is 0.0185. The van der Waals surface area contributed by atoms with E-state index in [0.29, 0.717) is 72.2 Å². The van der Waals surface area contributed by atoms with Crippen molar-refractivity contribution in [1.29, 1.82) is 0 Å². The third-order valence-corrected chi connectivity index (χ3v) is 9.93. The van der Waals surface area contributed by atoms with Crippen LogP contribution in [0.15, 0.2) is 79.2 Å². The Morgan fingerprint density at radius 2 is 1.40 bits per heavy atom. The number of anilines is 2. The van der Waals surface area contributed by atoms with Gasteiger partial charge in [0.05, 0.1) is 19.3 Å². The van der Waals surface area contributed by atoms with Crippen molar-refractivity contribution < 1.29 is 33.5 Å². The second kappa shape index (κ2) is 16.7. The van der Waals surface area contributed by atoms with Crippen LogP contribution in [-0.4, -0.2) is 81.8 Å². The van der Waals surface area contributed by atoms with Gasteiger partial charge in [-0.1, -0.05) is 32.2 Å². The van der Waals surface area contributed by atoms with Gasteiger partial charge >= 0.3 is 0 Å². The first kappa shape index (κ1) is 38.3. The number of rotatable bonds is 7. The van der Waals surface area contributed by atoms with Gasteiger partial charge in [0, 0.05) is 70.4 Å². The van der Waals surface area contributed by atoms with Gasteiger partial charge in [-0.05, 0) is 55.5 Å². The number of nitrogens with one attached hydrogen (secondary N) is 5. The van der Waals surface area contributed by atoms with Crippen LogP contribution in [0.3, 0.4) is 0 Å². The van der Waals surface area contributed by atoms with E-state index in [1.54, 1.807) is 17.5 Å². The number of benzene rings is 2. The van der Waals surface area contributed by atoms with Crippen LogP contribution in [0.4, 0.5) is 10.9 Å². The Labute approximate surface area is 319 Å². The van der Waals surface area contributed by atoms with Crippen molar-refractivity contribution in [3.05, 3.63) is 102 Å². The number of ketones is 1. The fourth-order valence-corrected chi connectivity index (χ4v) is 6.86. The minimum Gasteiger partial charge on any atom is -0.379 e. The van der Waals surface area contributed by atoms with E-state index in [1.165, 1.54) is 24.3 Å². The van der Waals surface area contributed by atoms with Crippen LogP contribution >= 0.6 is 11.3 Å². The molecule has 284 valence electrons. The monoisotopic (exact) mass is 764 g/mol. The highest BCUT2D eigenvalue weighted by atomic mass is 32.1. The lowest BCUT2D eigenvalue weighted by Gasteiger charge is -2.17. The van der Waals surface area contributed by atoms with Gasteiger partial charge < -0.3 is 35.1 Å². The van der Waals surface area contributed by atoms with Crippen LogP contribution in [0.5, 0.6) is 0 Å². The molecule has 15 nitrogen and oxygen atoms in total. The van der Waals surface area contributed by atoms with Gasteiger partial charge in [0.15, 0.2) is 10.9 Å². The second-order valence-corrected chi connectivity index (χ2v) is 13.9. The average molecular weight is 765 g/mol. The summed E-state index contributed by atoms with van der Waals surface area (Å²) in [7, 11) is 0. The van der Waals surface area contributed by atoms with Crippen LogP contribution in [0.1, 0.15) is 55.5 Å². The van der Waals surface area contributed by atoms with E-state index in [2.05, 4.69) is 51.6 Å². The number of carbonyl (C=O) groups excluding carboxylic acids is 6. The number of thiazole rings is 1. The number of allylic oxidation sites excluding steroid dienone is 1. The lowest BCUT2D eigenvalue weighted by Crippen LogP contribution is -2.39. The zero-order valence-corrected chi connectivity index (χ0v) is 31.1. The van der Waals surface area contributed by atoms with E-state index in [1.807, 2.05) is 45.5 Å². The van der Waals surface area contributed by atoms with Gasteiger partial charge in [-0.2, -0.15) is 0 Å². The molecule has 2 unspecified atom stereocenters. The quantitative estimate of drug-likeness (QED) is 0.153. The Hall–Kier alpha value is -6.39. The summed E-state index contributed by atoms with van der Waals surface area (Å²) in [4.78, 5) is 74.1. The largest absolute Gasteiger partial charge is 0.379 e. The number of hydrogen-bond acceptors (Lipinski definition) is 9. The van der Waals surface area contributed by atoms with E-state index >= 15 is 0 Å². The van der Waals surface area contributed by atoms with Crippen molar-refractivity contribution in [2.45, 2.75) is 33.0 Å². The highest BCUT2D eigenvalue weighted by Gasteiger charge is 2.27. The van der Waals surface area contributed by atoms with Crippen LogP contribution in [0, 0.1) is 5.92 Å². The fourth-order valence-electron chi connectivity index (χ4n) is 6.23. The normalized spacial score (nSPS) is 16.8. The molecule has 2 atom stereocenters. The van der Waals surface area contributed by atoms with E-state index in [0.717, 1.165) is 34.4 Å². The molecule has 55 heavy (non-hydrogen) atoms. The first-order chi connectivity index (χ1) is 26.4. The molecule has 5 amide bonds. The highest BCUT2D eigenvalue weighted by molar-refractivity contribution is 7.14. The molecule has 6 heterocycles. The molecule has 1 fully saturated rings. The fraction of sp³-hybridized carbons (Fsp3) is 0.256. The number of aromatic nitrogens is 3. The first-order valence-electron chi connectivity index (χ1n) is 17.5. The maximum absolute atomic E-state index is 12.6. The maximum atomic E-state index is 12.6. The van der Waals surface area contributed by atoms with Crippen molar-refractivity contribution in [2.24, 2.45) is 5.92 Å². The van der Waals surface area contributed by atoms with E-state index in [4.69, 9.17) is 4.74 Å². The average Bonchev–Trinajstić information content (AvgIpc) is 3.98. The molecule has 0 spiro atoms. The van der Waals surface area contributed by atoms with Gasteiger partial charge in [0.1, 0.15) is 17.2 Å². The molecule has 0 saturated carbocycles. The highest BCUT2D eigenvalue weighted by Crippen LogP contribution is 2.26. The predicted octanol–water partition coefficient (Wildman–Crippen LogP) is 4.13. The molecule has 2 aromatic carbocycles. The van der Waals surface area contributed by atoms with Crippen molar-refractivity contribution >= 4 is 79.4 Å². The third kappa shape index (κ3) is 8.71. The predicted molar refractivity (Wildman–Crippen MR) is 210 cm³/mol. The summed E-state index contributed by atoms with van der Waals surface area (Å²) in [5.74, 6) is -0.255. The molecule has 8 rings (SSSR count). The van der Waals surface area contributed by atoms with Crippen molar-refractivity contribution in [2.75, 3.05) is 36.9 Å². The molecule has 3 aromatic heterocycles. The SMILES string of the molecule is C=CC(=O)Nc1csc(NC(=O)c2ccc3cc4n(c3c2)CCNC4=O)n1.C=CC(C)=O.CC1COCC1NC(=O)c1ccc2cc3n(c2c1)CCNC3=O. The molecule has 5 aromatic rings. The van der Waals surface area contributed by atoms with Crippen molar-refractivity contribution in [3.63, 3.8) is 0 Å². The van der Waals surface area contributed by atoms with Crippen LogP contribution in [0.25, 0.3) is 21.8 Å². The van der Waals surface area contributed by atoms with Crippen molar-refractivity contribution in [1.82, 2.24) is 30.1 Å². The molecule has 1 saturated heterocycles.